The highest BCUT2D eigenvalue weighted by Crippen LogP contribution is 2.30. The molecule has 0 spiro atoms. The molecule has 0 aliphatic rings. The second-order valence-electron chi connectivity index (χ2n) is 4.24. The number of aliphatic carboxylic acids is 1. The maximum atomic E-state index is 12.7. The fourth-order valence-corrected chi connectivity index (χ4v) is 1.59. The van der Waals surface area contributed by atoms with E-state index in [9.17, 15) is 22.8 Å². The summed E-state index contributed by atoms with van der Waals surface area (Å²) >= 11 is 5.77. The quantitative estimate of drug-likeness (QED) is 0.897. The standard InChI is InChI=1S/C12H11ClF3NO3/c1-11(10(19)20,12(14,15)16)17-9(18)6-7-4-2-3-5-8(7)13/h2-5H,6H2,1H3,(H,17,18)(H,19,20). The van der Waals surface area contributed by atoms with Crippen LogP contribution in [0.1, 0.15) is 12.5 Å². The van der Waals surface area contributed by atoms with Crippen LogP contribution in [-0.2, 0) is 16.0 Å². The van der Waals surface area contributed by atoms with Crippen molar-refractivity contribution in [2.24, 2.45) is 0 Å². The van der Waals surface area contributed by atoms with E-state index in [1.807, 2.05) is 0 Å². The SMILES string of the molecule is CC(NC(=O)Cc1ccccc1Cl)(C(=O)O)C(F)(F)F. The molecular weight excluding hydrogens is 299 g/mol. The van der Waals surface area contributed by atoms with E-state index in [0.717, 1.165) is 0 Å². The zero-order valence-corrected chi connectivity index (χ0v) is 11.0. The van der Waals surface area contributed by atoms with Crippen molar-refractivity contribution in [2.45, 2.75) is 25.1 Å². The van der Waals surface area contributed by atoms with E-state index in [1.165, 1.54) is 17.4 Å². The number of amides is 1. The molecule has 4 nitrogen and oxygen atoms in total. The molecule has 1 unspecified atom stereocenters. The van der Waals surface area contributed by atoms with Crippen LogP contribution in [0.4, 0.5) is 13.2 Å². The number of hydrogen-bond donors (Lipinski definition) is 2. The first-order chi connectivity index (χ1) is 9.08. The van der Waals surface area contributed by atoms with Gasteiger partial charge in [-0.1, -0.05) is 29.8 Å². The van der Waals surface area contributed by atoms with Crippen LogP contribution < -0.4 is 5.32 Å². The van der Waals surface area contributed by atoms with Gasteiger partial charge in [0.15, 0.2) is 0 Å². The third-order valence-corrected chi connectivity index (χ3v) is 3.06. The summed E-state index contributed by atoms with van der Waals surface area (Å²) in [5.41, 5.74) is -3.03. The summed E-state index contributed by atoms with van der Waals surface area (Å²) in [5, 5.41) is 10.4. The van der Waals surface area contributed by atoms with Crippen molar-refractivity contribution in [2.75, 3.05) is 0 Å². The highest BCUT2D eigenvalue weighted by atomic mass is 35.5. The molecule has 2 N–H and O–H groups in total. The minimum Gasteiger partial charge on any atom is -0.479 e. The second kappa shape index (κ2) is 5.70. The molecule has 1 aromatic carbocycles. The Morgan fingerprint density at radius 3 is 2.30 bits per heavy atom. The number of carboxylic acids is 1. The molecule has 0 aliphatic heterocycles. The molecule has 0 radical (unpaired) electrons. The highest BCUT2D eigenvalue weighted by Gasteiger charge is 2.58. The molecule has 0 fully saturated rings. The first kappa shape index (κ1) is 16.3. The lowest BCUT2D eigenvalue weighted by Crippen LogP contribution is -2.62. The van der Waals surface area contributed by atoms with Gasteiger partial charge in [0, 0.05) is 5.02 Å². The third kappa shape index (κ3) is 3.41. The van der Waals surface area contributed by atoms with Crippen LogP contribution in [0.3, 0.4) is 0 Å². The number of alkyl halides is 3. The Morgan fingerprint density at radius 1 is 1.30 bits per heavy atom. The van der Waals surface area contributed by atoms with E-state index < -0.39 is 30.0 Å². The molecule has 1 aromatic rings. The van der Waals surface area contributed by atoms with Gasteiger partial charge < -0.3 is 10.4 Å². The van der Waals surface area contributed by atoms with Gasteiger partial charge in [-0.2, -0.15) is 13.2 Å². The van der Waals surface area contributed by atoms with E-state index in [0.29, 0.717) is 12.5 Å². The van der Waals surface area contributed by atoms with Crippen molar-refractivity contribution in [3.63, 3.8) is 0 Å². The van der Waals surface area contributed by atoms with Crippen LogP contribution in [0, 0.1) is 0 Å². The lowest BCUT2D eigenvalue weighted by molar-refractivity contribution is -0.206. The average molecular weight is 310 g/mol. The number of benzene rings is 1. The van der Waals surface area contributed by atoms with Gasteiger partial charge >= 0.3 is 12.1 Å². The van der Waals surface area contributed by atoms with Crippen molar-refractivity contribution in [1.82, 2.24) is 5.32 Å². The largest absolute Gasteiger partial charge is 0.479 e. The molecule has 0 saturated heterocycles. The van der Waals surface area contributed by atoms with Crippen LogP contribution in [0.5, 0.6) is 0 Å². The van der Waals surface area contributed by atoms with Crippen molar-refractivity contribution in [3.05, 3.63) is 34.9 Å². The van der Waals surface area contributed by atoms with Crippen LogP contribution in [0.15, 0.2) is 24.3 Å². The fraction of sp³-hybridized carbons (Fsp3) is 0.333. The van der Waals surface area contributed by atoms with E-state index in [4.69, 9.17) is 16.7 Å². The van der Waals surface area contributed by atoms with Crippen LogP contribution >= 0.6 is 11.6 Å². The zero-order valence-electron chi connectivity index (χ0n) is 10.3. The number of carbonyl (C=O) groups is 2. The predicted molar refractivity (Wildman–Crippen MR) is 65.4 cm³/mol. The second-order valence-corrected chi connectivity index (χ2v) is 4.65. The predicted octanol–water partition coefficient (Wildman–Crippen LogP) is 2.40. The fourth-order valence-electron chi connectivity index (χ4n) is 1.38. The van der Waals surface area contributed by atoms with Crippen LogP contribution in [0.2, 0.25) is 5.02 Å². The minimum atomic E-state index is -5.12. The lowest BCUT2D eigenvalue weighted by atomic mass is 10.0. The Hall–Kier alpha value is -1.76. The summed E-state index contributed by atoms with van der Waals surface area (Å²) < 4.78 is 38.1. The van der Waals surface area contributed by atoms with Crippen molar-refractivity contribution >= 4 is 23.5 Å². The Morgan fingerprint density at radius 2 is 1.85 bits per heavy atom. The normalized spacial score (nSPS) is 14.4. The zero-order chi connectivity index (χ0) is 15.6. The Bertz CT molecular complexity index is 533. The van der Waals surface area contributed by atoms with Gasteiger partial charge in [-0.25, -0.2) is 4.79 Å². The summed E-state index contributed by atoms with van der Waals surface area (Å²) in [6.45, 7) is 0.389. The average Bonchev–Trinajstić information content (AvgIpc) is 2.30. The number of carbonyl (C=O) groups excluding carboxylic acids is 1. The number of nitrogens with one attached hydrogen (secondary N) is 1. The molecule has 1 amide bonds. The highest BCUT2D eigenvalue weighted by molar-refractivity contribution is 6.31. The molecule has 1 rings (SSSR count). The third-order valence-electron chi connectivity index (χ3n) is 2.69. The molecule has 0 bridgehead atoms. The van der Waals surface area contributed by atoms with Crippen molar-refractivity contribution < 1.29 is 27.9 Å². The maximum absolute atomic E-state index is 12.7. The van der Waals surface area contributed by atoms with Crippen LogP contribution in [0.25, 0.3) is 0 Å². The van der Waals surface area contributed by atoms with Gasteiger partial charge in [-0.05, 0) is 18.6 Å². The number of halogens is 4. The van der Waals surface area contributed by atoms with Gasteiger partial charge in [0.2, 0.25) is 11.4 Å². The molecule has 1 atom stereocenters. The van der Waals surface area contributed by atoms with Crippen LogP contribution in [-0.4, -0.2) is 28.7 Å². The molecule has 8 heteroatoms. The van der Waals surface area contributed by atoms with E-state index in [-0.39, 0.29) is 5.02 Å². The van der Waals surface area contributed by atoms with Crippen molar-refractivity contribution in [1.29, 1.82) is 0 Å². The number of rotatable bonds is 4. The van der Waals surface area contributed by atoms with Gasteiger partial charge in [-0.3, -0.25) is 4.79 Å². The Balaban J connectivity index is 2.89. The van der Waals surface area contributed by atoms with Gasteiger partial charge in [0.25, 0.3) is 0 Å². The van der Waals surface area contributed by atoms with E-state index in [2.05, 4.69) is 0 Å². The first-order valence-electron chi connectivity index (χ1n) is 5.42. The first-order valence-corrected chi connectivity index (χ1v) is 5.80. The maximum Gasteiger partial charge on any atom is 0.422 e. The van der Waals surface area contributed by atoms with Crippen molar-refractivity contribution in [3.8, 4) is 0 Å². The van der Waals surface area contributed by atoms with E-state index in [1.54, 1.807) is 12.1 Å². The van der Waals surface area contributed by atoms with E-state index >= 15 is 0 Å². The summed E-state index contributed by atoms with van der Waals surface area (Å²) in [5.74, 6) is -3.27. The molecule has 0 aliphatic carbocycles. The molecule has 0 aromatic heterocycles. The molecule has 0 heterocycles. The monoisotopic (exact) mass is 309 g/mol. The van der Waals surface area contributed by atoms with Gasteiger partial charge in [0.05, 0.1) is 6.42 Å². The summed E-state index contributed by atoms with van der Waals surface area (Å²) in [7, 11) is 0. The Labute approximate surface area is 117 Å². The van der Waals surface area contributed by atoms with Gasteiger partial charge in [-0.15, -0.1) is 0 Å². The molecule has 110 valence electrons. The number of carboxylic acid groups (broad SMARTS) is 1. The topological polar surface area (TPSA) is 66.4 Å². The summed E-state index contributed by atoms with van der Waals surface area (Å²) in [6, 6.07) is 6.10. The Kier molecular flexibility index (Phi) is 4.65. The minimum absolute atomic E-state index is 0.215. The lowest BCUT2D eigenvalue weighted by Gasteiger charge is -2.28. The molecular formula is C12H11ClF3NO3. The summed E-state index contributed by atoms with van der Waals surface area (Å²) in [4.78, 5) is 22.4. The summed E-state index contributed by atoms with van der Waals surface area (Å²) in [6.07, 6.45) is -5.56. The number of hydrogen-bond acceptors (Lipinski definition) is 2. The molecule has 20 heavy (non-hydrogen) atoms. The smallest absolute Gasteiger partial charge is 0.422 e. The van der Waals surface area contributed by atoms with Gasteiger partial charge in [0.1, 0.15) is 0 Å². The molecule has 0 saturated carbocycles.